The summed E-state index contributed by atoms with van der Waals surface area (Å²) in [6.07, 6.45) is 2.08. The van der Waals surface area contributed by atoms with Gasteiger partial charge < -0.3 is 11.1 Å². The molecular weight excluding hydrogens is 373 g/mol. The van der Waals surface area contributed by atoms with E-state index >= 15 is 0 Å². The first kappa shape index (κ1) is 19.4. The fraction of sp³-hybridized carbons (Fsp3) is 0.533. The van der Waals surface area contributed by atoms with E-state index in [1.807, 2.05) is 0 Å². The van der Waals surface area contributed by atoms with Crippen LogP contribution in [0.15, 0.2) is 22.7 Å². The minimum absolute atomic E-state index is 0. The quantitative estimate of drug-likeness (QED) is 0.825. The Hall–Kier alpha value is -0.690. The molecule has 2 atom stereocenters. The van der Waals surface area contributed by atoms with E-state index in [9.17, 15) is 9.18 Å². The number of halogens is 3. The number of likely N-dealkylation sites (tertiary alicyclic amines) is 1. The van der Waals surface area contributed by atoms with E-state index in [-0.39, 0.29) is 36.6 Å². The second-order valence-electron chi connectivity index (χ2n) is 5.66. The summed E-state index contributed by atoms with van der Waals surface area (Å²) in [4.78, 5) is 14.2. The number of hydrogen-bond donors (Lipinski definition) is 2. The zero-order valence-corrected chi connectivity index (χ0v) is 14.9. The van der Waals surface area contributed by atoms with Crippen molar-refractivity contribution < 1.29 is 9.18 Å². The van der Waals surface area contributed by atoms with Crippen LogP contribution in [0.1, 0.15) is 19.8 Å². The number of carbonyl (C=O) groups excluding carboxylic acids is 1. The normalized spacial score (nSPS) is 22.0. The van der Waals surface area contributed by atoms with Crippen LogP contribution in [0.25, 0.3) is 0 Å². The number of nitrogens with one attached hydrogen (secondary N) is 1. The Morgan fingerprint density at radius 2 is 2.27 bits per heavy atom. The highest BCUT2D eigenvalue weighted by Gasteiger charge is 2.26. The predicted molar refractivity (Wildman–Crippen MR) is 92.8 cm³/mol. The molecule has 1 aliphatic heterocycles. The number of anilines is 1. The largest absolute Gasteiger partial charge is 0.329 e. The number of benzene rings is 1. The van der Waals surface area contributed by atoms with Gasteiger partial charge in [-0.1, -0.05) is 22.9 Å². The first-order valence-corrected chi connectivity index (χ1v) is 7.98. The topological polar surface area (TPSA) is 58.4 Å². The molecule has 7 heteroatoms. The highest BCUT2D eigenvalue weighted by Crippen LogP contribution is 2.22. The maximum atomic E-state index is 13.7. The van der Waals surface area contributed by atoms with Crippen LogP contribution in [-0.2, 0) is 4.79 Å². The van der Waals surface area contributed by atoms with Crippen molar-refractivity contribution in [1.82, 2.24) is 4.90 Å². The second kappa shape index (κ2) is 8.82. The van der Waals surface area contributed by atoms with Crippen LogP contribution in [0, 0.1) is 11.7 Å². The smallest absolute Gasteiger partial charge is 0.238 e. The van der Waals surface area contributed by atoms with Crippen LogP contribution in [0.3, 0.4) is 0 Å². The third kappa shape index (κ3) is 5.19. The van der Waals surface area contributed by atoms with Gasteiger partial charge in [0.15, 0.2) is 0 Å². The lowest BCUT2D eigenvalue weighted by molar-refractivity contribution is -0.118. The lowest BCUT2D eigenvalue weighted by Crippen LogP contribution is -2.49. The van der Waals surface area contributed by atoms with Crippen molar-refractivity contribution in [2.24, 2.45) is 11.7 Å². The van der Waals surface area contributed by atoms with Gasteiger partial charge in [0.05, 0.1) is 12.2 Å². The van der Waals surface area contributed by atoms with E-state index < -0.39 is 5.82 Å². The van der Waals surface area contributed by atoms with E-state index in [0.29, 0.717) is 16.9 Å². The van der Waals surface area contributed by atoms with Gasteiger partial charge in [-0.3, -0.25) is 9.69 Å². The first-order chi connectivity index (χ1) is 9.99. The zero-order valence-electron chi connectivity index (χ0n) is 12.5. The van der Waals surface area contributed by atoms with Crippen molar-refractivity contribution in [3.05, 3.63) is 28.5 Å². The summed E-state index contributed by atoms with van der Waals surface area (Å²) in [6, 6.07) is 4.81. The summed E-state index contributed by atoms with van der Waals surface area (Å²) in [5.41, 5.74) is 5.99. The number of amides is 1. The van der Waals surface area contributed by atoms with Gasteiger partial charge >= 0.3 is 0 Å². The number of hydrogen-bond acceptors (Lipinski definition) is 3. The minimum Gasteiger partial charge on any atom is -0.329 e. The molecule has 0 bridgehead atoms. The van der Waals surface area contributed by atoms with Gasteiger partial charge in [0.1, 0.15) is 5.82 Å². The molecule has 2 rings (SSSR count). The Balaban J connectivity index is 0.00000242. The molecule has 4 nitrogen and oxygen atoms in total. The number of piperidine rings is 1. The summed E-state index contributed by atoms with van der Waals surface area (Å²) in [6.45, 7) is 3.87. The summed E-state index contributed by atoms with van der Waals surface area (Å²) in [7, 11) is 0. The number of nitrogens with zero attached hydrogens (tertiary/aromatic N) is 1. The third-order valence-electron chi connectivity index (χ3n) is 3.92. The first-order valence-electron chi connectivity index (χ1n) is 7.18. The van der Waals surface area contributed by atoms with Crippen molar-refractivity contribution in [2.75, 3.05) is 25.0 Å². The van der Waals surface area contributed by atoms with Gasteiger partial charge in [0, 0.05) is 17.1 Å². The molecular formula is C15H22BrClFN3O. The molecule has 1 fully saturated rings. The Kier molecular flexibility index (Phi) is 7.76. The van der Waals surface area contributed by atoms with E-state index in [2.05, 4.69) is 33.1 Å². The van der Waals surface area contributed by atoms with Gasteiger partial charge in [-0.2, -0.15) is 0 Å². The molecule has 124 valence electrons. The summed E-state index contributed by atoms with van der Waals surface area (Å²) in [5.74, 6) is -0.00799. The van der Waals surface area contributed by atoms with Gasteiger partial charge in [-0.25, -0.2) is 4.39 Å². The Labute approximate surface area is 145 Å². The average Bonchev–Trinajstić information content (AvgIpc) is 2.44. The molecule has 0 aliphatic carbocycles. The number of nitrogens with two attached hydrogens (primary N) is 1. The highest BCUT2D eigenvalue weighted by molar-refractivity contribution is 9.10. The molecule has 1 heterocycles. The van der Waals surface area contributed by atoms with E-state index in [1.165, 1.54) is 6.07 Å². The van der Waals surface area contributed by atoms with Crippen molar-refractivity contribution in [2.45, 2.75) is 25.8 Å². The number of rotatable bonds is 4. The van der Waals surface area contributed by atoms with Crippen molar-refractivity contribution >= 4 is 39.9 Å². The molecule has 3 N–H and O–H groups in total. The van der Waals surface area contributed by atoms with E-state index in [0.717, 1.165) is 19.4 Å². The van der Waals surface area contributed by atoms with Crippen LogP contribution >= 0.6 is 28.3 Å². The van der Waals surface area contributed by atoms with Crippen molar-refractivity contribution in [3.63, 3.8) is 0 Å². The molecule has 1 aromatic carbocycles. The molecule has 0 saturated carbocycles. The molecule has 2 unspecified atom stereocenters. The summed E-state index contributed by atoms with van der Waals surface area (Å²) in [5, 5.41) is 2.62. The average molecular weight is 395 g/mol. The summed E-state index contributed by atoms with van der Waals surface area (Å²) < 4.78 is 14.3. The zero-order chi connectivity index (χ0) is 15.4. The molecule has 0 aromatic heterocycles. The van der Waals surface area contributed by atoms with Crippen molar-refractivity contribution in [3.8, 4) is 0 Å². The molecule has 1 amide bonds. The van der Waals surface area contributed by atoms with Gasteiger partial charge in [0.2, 0.25) is 5.91 Å². The minimum atomic E-state index is -0.444. The lowest BCUT2D eigenvalue weighted by atomic mass is 9.92. The van der Waals surface area contributed by atoms with Crippen LogP contribution in [0.4, 0.5) is 10.1 Å². The van der Waals surface area contributed by atoms with Gasteiger partial charge in [0.25, 0.3) is 0 Å². The SMILES string of the molecule is CC1CCN(CC(=O)Nc2ccc(Br)cc2F)C(CN)C1.Cl. The molecule has 1 aromatic rings. The molecule has 1 saturated heterocycles. The monoisotopic (exact) mass is 393 g/mol. The summed E-state index contributed by atoms with van der Waals surface area (Å²) >= 11 is 3.19. The maximum absolute atomic E-state index is 13.7. The highest BCUT2D eigenvalue weighted by atomic mass is 79.9. The Morgan fingerprint density at radius 1 is 1.55 bits per heavy atom. The van der Waals surface area contributed by atoms with Gasteiger partial charge in [-0.05, 0) is 43.5 Å². The van der Waals surface area contributed by atoms with Crippen LogP contribution in [0.5, 0.6) is 0 Å². The van der Waals surface area contributed by atoms with Gasteiger partial charge in [-0.15, -0.1) is 12.4 Å². The molecule has 1 aliphatic rings. The predicted octanol–water partition coefficient (Wildman–Crippen LogP) is 3.01. The Bertz CT molecular complexity index is 518. The van der Waals surface area contributed by atoms with Crippen LogP contribution in [0.2, 0.25) is 0 Å². The Morgan fingerprint density at radius 3 is 2.91 bits per heavy atom. The van der Waals surface area contributed by atoms with Crippen LogP contribution in [-0.4, -0.2) is 36.5 Å². The second-order valence-corrected chi connectivity index (χ2v) is 6.58. The standard InChI is InChI=1S/C15H21BrFN3O.ClH/c1-10-4-5-20(12(6-10)8-18)9-15(21)19-14-3-2-11(16)7-13(14)17;/h2-3,7,10,12H,4-6,8-9,18H2,1H3,(H,19,21);1H. The lowest BCUT2D eigenvalue weighted by Gasteiger charge is -2.37. The molecule has 0 radical (unpaired) electrons. The number of carbonyl (C=O) groups is 1. The van der Waals surface area contributed by atoms with Crippen molar-refractivity contribution in [1.29, 1.82) is 0 Å². The fourth-order valence-electron chi connectivity index (χ4n) is 2.72. The molecule has 22 heavy (non-hydrogen) atoms. The maximum Gasteiger partial charge on any atom is 0.238 e. The molecule has 0 spiro atoms. The van der Waals surface area contributed by atoms with E-state index in [1.54, 1.807) is 12.1 Å². The van der Waals surface area contributed by atoms with E-state index in [4.69, 9.17) is 5.73 Å². The fourth-order valence-corrected chi connectivity index (χ4v) is 3.05. The van der Waals surface area contributed by atoms with Crippen LogP contribution < -0.4 is 11.1 Å². The third-order valence-corrected chi connectivity index (χ3v) is 4.42.